The van der Waals surface area contributed by atoms with Crippen LogP contribution in [0.5, 0.6) is 0 Å². The lowest BCUT2D eigenvalue weighted by Crippen LogP contribution is -2.33. The van der Waals surface area contributed by atoms with Gasteiger partial charge < -0.3 is 39.7 Å². The van der Waals surface area contributed by atoms with Crippen LogP contribution in [-0.2, 0) is 40.4 Å². The first-order chi connectivity index (χ1) is 20.9. The number of carboxylic acid groups (broad SMARTS) is 1. The minimum Gasteiger partial charge on any atom is -0.479 e. The van der Waals surface area contributed by atoms with Gasteiger partial charge in [0.25, 0.3) is 0 Å². The number of nitrogens with one attached hydrogen (secondary N) is 2. The molecular formula is C28H37Cl2N3O10S. The highest BCUT2D eigenvalue weighted by atomic mass is 35.5. The van der Waals surface area contributed by atoms with E-state index in [1.807, 2.05) is 19.2 Å². The van der Waals surface area contributed by atoms with Crippen LogP contribution in [0.4, 0.5) is 0 Å². The number of sulfonamides is 1. The first kappa shape index (κ1) is 36.1. The molecule has 44 heavy (non-hydrogen) atoms. The molecule has 0 saturated carbocycles. The molecule has 0 fully saturated rings. The number of hydrogen-bond acceptors (Lipinski definition) is 10. The van der Waals surface area contributed by atoms with Crippen molar-refractivity contribution in [1.82, 2.24) is 14.9 Å². The van der Waals surface area contributed by atoms with Crippen molar-refractivity contribution in [2.45, 2.75) is 36.2 Å². The third-order valence-electron chi connectivity index (χ3n) is 6.63. The van der Waals surface area contributed by atoms with E-state index in [1.165, 1.54) is 6.07 Å². The Kier molecular flexibility index (Phi) is 14.2. The van der Waals surface area contributed by atoms with Crippen LogP contribution in [0, 0.1) is 0 Å². The molecule has 0 radical (unpaired) electrons. The fourth-order valence-electron chi connectivity index (χ4n) is 4.53. The molecule has 244 valence electrons. The number of aliphatic hydroxyl groups is 2. The molecule has 0 aliphatic carbocycles. The number of benzene rings is 2. The second-order valence-corrected chi connectivity index (χ2v) is 12.7. The zero-order chi connectivity index (χ0) is 32.3. The standard InChI is InChI=1S/C28H37Cl2N3O10S/c1-33-15-22(21-12-19(29)13-24(30)23(21)16-33)18-3-2-4-20(11-18)44(39,40)32-6-8-43-27(36)17-42-10-9-41-7-5-31-26(35)14-25(34)28(37)38/h2-4,11-13,22,25,27,32,34,36H,5-10,14-17H2,1H3,(H,31,35)(H,37,38)/t22?,25-,27?/m1/s1. The average molecular weight is 679 g/mol. The fraction of sp³-hybridized carbons (Fsp3) is 0.500. The van der Waals surface area contributed by atoms with E-state index in [-0.39, 0.29) is 56.9 Å². The molecule has 3 rings (SSSR count). The van der Waals surface area contributed by atoms with Gasteiger partial charge in [-0.05, 0) is 48.0 Å². The molecule has 1 amide bonds. The zero-order valence-electron chi connectivity index (χ0n) is 24.1. The van der Waals surface area contributed by atoms with Gasteiger partial charge in [-0.2, -0.15) is 0 Å². The van der Waals surface area contributed by atoms with Crippen molar-refractivity contribution in [3.8, 4) is 0 Å². The summed E-state index contributed by atoms with van der Waals surface area (Å²) in [7, 11) is -1.89. The second kappa shape index (κ2) is 17.4. The molecule has 3 atom stereocenters. The Hall–Kier alpha value is -2.37. The molecule has 2 unspecified atom stereocenters. The number of aliphatic carboxylic acids is 1. The van der Waals surface area contributed by atoms with Gasteiger partial charge >= 0.3 is 5.97 Å². The van der Waals surface area contributed by atoms with Gasteiger partial charge in [-0.3, -0.25) is 4.79 Å². The number of amides is 1. The average Bonchev–Trinajstić information content (AvgIpc) is 2.96. The van der Waals surface area contributed by atoms with E-state index in [4.69, 9.17) is 47.6 Å². The Morgan fingerprint density at radius 2 is 1.82 bits per heavy atom. The van der Waals surface area contributed by atoms with E-state index in [2.05, 4.69) is 14.9 Å². The Morgan fingerprint density at radius 3 is 2.57 bits per heavy atom. The number of carboxylic acids is 1. The number of halogens is 2. The molecule has 2 aromatic carbocycles. The summed E-state index contributed by atoms with van der Waals surface area (Å²) in [6.07, 6.45) is -3.60. The molecule has 2 aromatic rings. The highest BCUT2D eigenvalue weighted by molar-refractivity contribution is 7.89. The Morgan fingerprint density at radius 1 is 1.07 bits per heavy atom. The lowest BCUT2D eigenvalue weighted by atomic mass is 9.85. The lowest BCUT2D eigenvalue weighted by Gasteiger charge is -2.33. The Labute approximate surface area is 266 Å². The zero-order valence-corrected chi connectivity index (χ0v) is 26.4. The monoisotopic (exact) mass is 677 g/mol. The summed E-state index contributed by atoms with van der Waals surface area (Å²) in [6, 6.07) is 10.3. The van der Waals surface area contributed by atoms with Gasteiger partial charge in [0.1, 0.15) is 0 Å². The number of carbonyl (C=O) groups is 2. The van der Waals surface area contributed by atoms with Crippen LogP contribution in [0.25, 0.3) is 0 Å². The molecular weight excluding hydrogens is 641 g/mol. The van der Waals surface area contributed by atoms with Crippen LogP contribution < -0.4 is 10.0 Å². The number of hydrogen-bond donors (Lipinski definition) is 5. The third kappa shape index (κ3) is 11.2. The topological polar surface area (TPSA) is 184 Å². The summed E-state index contributed by atoms with van der Waals surface area (Å²) < 4.78 is 44.1. The normalized spacial score (nSPS) is 16.7. The van der Waals surface area contributed by atoms with Crippen LogP contribution >= 0.6 is 23.2 Å². The summed E-state index contributed by atoms with van der Waals surface area (Å²) in [5, 5.41) is 31.1. The van der Waals surface area contributed by atoms with Gasteiger partial charge in [-0.25, -0.2) is 17.9 Å². The van der Waals surface area contributed by atoms with Crippen molar-refractivity contribution < 1.29 is 47.5 Å². The van der Waals surface area contributed by atoms with Gasteiger partial charge in [0, 0.05) is 42.1 Å². The van der Waals surface area contributed by atoms with Gasteiger partial charge in [0.15, 0.2) is 12.4 Å². The maximum absolute atomic E-state index is 13.0. The minimum atomic E-state index is -3.86. The first-order valence-corrected chi connectivity index (χ1v) is 16.0. The van der Waals surface area contributed by atoms with Gasteiger partial charge in [0.2, 0.25) is 15.9 Å². The second-order valence-electron chi connectivity index (χ2n) is 10.1. The van der Waals surface area contributed by atoms with E-state index in [9.17, 15) is 23.1 Å². The van der Waals surface area contributed by atoms with Crippen LogP contribution in [-0.4, -0.2) is 113 Å². The van der Waals surface area contributed by atoms with Crippen molar-refractivity contribution in [3.05, 3.63) is 63.1 Å². The Bertz CT molecular complexity index is 1380. The molecule has 0 aromatic heterocycles. The summed E-state index contributed by atoms with van der Waals surface area (Å²) in [6.45, 7) is 1.50. The van der Waals surface area contributed by atoms with Gasteiger partial charge in [0.05, 0.1) is 44.4 Å². The molecule has 16 heteroatoms. The summed E-state index contributed by atoms with van der Waals surface area (Å²) in [4.78, 5) is 24.2. The largest absolute Gasteiger partial charge is 0.479 e. The van der Waals surface area contributed by atoms with Crippen LogP contribution in [0.2, 0.25) is 10.0 Å². The SMILES string of the molecule is CN1Cc2c(Cl)cc(Cl)cc2C(c2cccc(S(=O)(=O)NCCOC(O)COCCOCCNC(=O)C[C@@H](O)C(=O)O)c2)C1. The third-order valence-corrected chi connectivity index (χ3v) is 8.65. The lowest BCUT2D eigenvalue weighted by molar-refractivity contribution is -0.149. The molecule has 5 N–H and O–H groups in total. The highest BCUT2D eigenvalue weighted by Gasteiger charge is 2.28. The minimum absolute atomic E-state index is 0.0812. The molecule has 1 heterocycles. The van der Waals surface area contributed by atoms with Crippen molar-refractivity contribution >= 4 is 45.1 Å². The first-order valence-electron chi connectivity index (χ1n) is 13.8. The number of fused-ring (bicyclic) bond motifs is 1. The van der Waals surface area contributed by atoms with E-state index in [0.717, 1.165) is 16.7 Å². The highest BCUT2D eigenvalue weighted by Crippen LogP contribution is 2.38. The predicted molar refractivity (Wildman–Crippen MR) is 161 cm³/mol. The smallest absolute Gasteiger partial charge is 0.333 e. The van der Waals surface area contributed by atoms with Crippen LogP contribution in [0.3, 0.4) is 0 Å². The number of rotatable bonds is 18. The van der Waals surface area contributed by atoms with E-state index < -0.39 is 40.7 Å². The van der Waals surface area contributed by atoms with E-state index in [1.54, 1.807) is 18.2 Å². The van der Waals surface area contributed by atoms with Crippen molar-refractivity contribution in [3.63, 3.8) is 0 Å². The summed E-state index contributed by atoms with van der Waals surface area (Å²) in [5.41, 5.74) is 2.75. The van der Waals surface area contributed by atoms with E-state index in [0.29, 0.717) is 23.1 Å². The number of aliphatic hydroxyl groups excluding tert-OH is 2. The maximum atomic E-state index is 13.0. The fourth-order valence-corrected chi connectivity index (χ4v) is 6.17. The summed E-state index contributed by atoms with van der Waals surface area (Å²) >= 11 is 12.7. The number of likely N-dealkylation sites (N-methyl/N-ethyl adjacent to an activating group) is 1. The number of ether oxygens (including phenoxy) is 3. The quantitative estimate of drug-likeness (QED) is 0.113. The van der Waals surface area contributed by atoms with E-state index >= 15 is 0 Å². The van der Waals surface area contributed by atoms with Crippen molar-refractivity contribution in [2.75, 3.05) is 59.7 Å². The number of carbonyl (C=O) groups excluding carboxylic acids is 1. The molecule has 0 bridgehead atoms. The van der Waals surface area contributed by atoms with Crippen molar-refractivity contribution in [1.29, 1.82) is 0 Å². The van der Waals surface area contributed by atoms with Gasteiger partial charge in [-0.15, -0.1) is 0 Å². The molecule has 0 saturated heterocycles. The Balaban J connectivity index is 1.36. The molecule has 13 nitrogen and oxygen atoms in total. The van der Waals surface area contributed by atoms with Crippen molar-refractivity contribution in [2.24, 2.45) is 0 Å². The summed E-state index contributed by atoms with van der Waals surface area (Å²) in [5.74, 6) is -2.22. The molecule has 1 aliphatic rings. The number of nitrogens with zero attached hydrogens (tertiary/aromatic N) is 1. The predicted octanol–water partition coefficient (Wildman–Crippen LogP) is 1.17. The molecule has 1 aliphatic heterocycles. The molecule has 0 spiro atoms. The maximum Gasteiger partial charge on any atom is 0.333 e. The van der Waals surface area contributed by atoms with Crippen LogP contribution in [0.15, 0.2) is 41.3 Å². The van der Waals surface area contributed by atoms with Gasteiger partial charge in [-0.1, -0.05) is 35.3 Å². The van der Waals surface area contributed by atoms with Crippen LogP contribution in [0.1, 0.15) is 29.0 Å².